The minimum Gasteiger partial charge on any atom is -0.450 e. The van der Waals surface area contributed by atoms with Gasteiger partial charge in [-0.1, -0.05) is 43.9 Å². The minimum absolute atomic E-state index is 0.165. The maximum atomic E-state index is 12.2. The Labute approximate surface area is 141 Å². The minimum atomic E-state index is -0.597. The van der Waals surface area contributed by atoms with Crippen molar-refractivity contribution in [1.29, 1.82) is 0 Å². The molecule has 5 heteroatoms. The normalized spacial score (nSPS) is 15.9. The molecule has 3 rings (SSSR count). The lowest BCUT2D eigenvalue weighted by atomic mass is 10.1. The Bertz CT molecular complexity index is 726. The average Bonchev–Trinajstić information content (AvgIpc) is 2.75. The second kappa shape index (κ2) is 7.51. The van der Waals surface area contributed by atoms with E-state index in [1.54, 1.807) is 6.07 Å². The van der Waals surface area contributed by atoms with Crippen molar-refractivity contribution in [1.82, 2.24) is 5.32 Å². The Morgan fingerprint density at radius 2 is 1.88 bits per heavy atom. The molecule has 1 aromatic carbocycles. The fourth-order valence-electron chi connectivity index (χ4n) is 3.26. The van der Waals surface area contributed by atoms with Crippen LogP contribution in [0.15, 0.2) is 28.7 Å². The molecular formula is C19H23NO4. The zero-order valence-corrected chi connectivity index (χ0v) is 14.0. The summed E-state index contributed by atoms with van der Waals surface area (Å²) in [5.41, 5.74) is 1.38. The Morgan fingerprint density at radius 1 is 1.17 bits per heavy atom. The first kappa shape index (κ1) is 16.6. The first-order valence-corrected chi connectivity index (χ1v) is 8.60. The molecule has 24 heavy (non-hydrogen) atoms. The number of esters is 1. The third-order valence-corrected chi connectivity index (χ3v) is 4.58. The highest BCUT2D eigenvalue weighted by Gasteiger charge is 2.21. The molecule has 0 bridgehead atoms. The van der Waals surface area contributed by atoms with Gasteiger partial charge in [0.05, 0.1) is 0 Å². The molecule has 1 heterocycles. The van der Waals surface area contributed by atoms with Gasteiger partial charge < -0.3 is 14.5 Å². The predicted molar refractivity (Wildman–Crippen MR) is 90.9 cm³/mol. The van der Waals surface area contributed by atoms with Crippen LogP contribution in [0.1, 0.15) is 54.6 Å². The Hall–Kier alpha value is -2.30. The summed E-state index contributed by atoms with van der Waals surface area (Å²) < 4.78 is 10.7. The van der Waals surface area contributed by atoms with E-state index in [0.29, 0.717) is 5.58 Å². The van der Waals surface area contributed by atoms with Gasteiger partial charge in [0.15, 0.2) is 6.61 Å². The molecule has 2 aromatic rings. The van der Waals surface area contributed by atoms with E-state index in [2.05, 4.69) is 5.32 Å². The topological polar surface area (TPSA) is 68.5 Å². The predicted octanol–water partition coefficient (Wildman–Crippen LogP) is 3.74. The maximum absolute atomic E-state index is 12.2. The van der Waals surface area contributed by atoms with E-state index in [4.69, 9.17) is 9.15 Å². The van der Waals surface area contributed by atoms with Crippen LogP contribution in [-0.2, 0) is 9.53 Å². The van der Waals surface area contributed by atoms with Gasteiger partial charge in [-0.15, -0.1) is 0 Å². The number of carbonyl (C=O) groups excluding carboxylic acids is 2. The second-order valence-electron chi connectivity index (χ2n) is 6.38. The molecule has 1 N–H and O–H groups in total. The van der Waals surface area contributed by atoms with E-state index in [9.17, 15) is 9.59 Å². The Morgan fingerprint density at radius 3 is 2.58 bits per heavy atom. The lowest BCUT2D eigenvalue weighted by Crippen LogP contribution is -2.37. The molecule has 0 spiro atoms. The summed E-state index contributed by atoms with van der Waals surface area (Å²) in [5.74, 6) is -0.679. The van der Waals surface area contributed by atoms with Crippen LogP contribution in [0.2, 0.25) is 0 Å². The highest BCUT2D eigenvalue weighted by atomic mass is 16.5. The van der Waals surface area contributed by atoms with Gasteiger partial charge in [-0.05, 0) is 25.8 Å². The van der Waals surface area contributed by atoms with Crippen molar-refractivity contribution in [3.8, 4) is 0 Å². The molecule has 128 valence electrons. The fourth-order valence-corrected chi connectivity index (χ4v) is 3.26. The average molecular weight is 329 g/mol. The van der Waals surface area contributed by atoms with Crippen LogP contribution < -0.4 is 5.32 Å². The lowest BCUT2D eigenvalue weighted by molar-refractivity contribution is -0.125. The van der Waals surface area contributed by atoms with E-state index in [-0.39, 0.29) is 24.3 Å². The number of benzene rings is 1. The van der Waals surface area contributed by atoms with E-state index in [1.165, 1.54) is 12.8 Å². The molecule has 0 radical (unpaired) electrons. The van der Waals surface area contributed by atoms with Gasteiger partial charge in [-0.2, -0.15) is 0 Å². The summed E-state index contributed by atoms with van der Waals surface area (Å²) in [6.45, 7) is 1.54. The summed E-state index contributed by atoms with van der Waals surface area (Å²) >= 11 is 0. The van der Waals surface area contributed by atoms with Gasteiger partial charge in [-0.25, -0.2) is 4.79 Å². The number of nitrogens with one attached hydrogen (secondary N) is 1. The van der Waals surface area contributed by atoms with Gasteiger partial charge >= 0.3 is 5.97 Å². The van der Waals surface area contributed by atoms with Gasteiger partial charge in [0.2, 0.25) is 5.76 Å². The molecule has 1 aliphatic carbocycles. The first-order valence-electron chi connectivity index (χ1n) is 8.60. The summed E-state index contributed by atoms with van der Waals surface area (Å²) in [7, 11) is 0. The number of amides is 1. The molecule has 0 aliphatic heterocycles. The molecule has 0 unspecified atom stereocenters. The van der Waals surface area contributed by atoms with Crippen LogP contribution in [-0.4, -0.2) is 24.5 Å². The van der Waals surface area contributed by atoms with Crippen molar-refractivity contribution in [3.63, 3.8) is 0 Å². The first-order chi connectivity index (χ1) is 11.6. The SMILES string of the molecule is Cc1c(C(=O)OCC(=O)NC2CCCCCC2)oc2ccccc12. The molecular weight excluding hydrogens is 306 g/mol. The molecule has 1 aromatic heterocycles. The summed E-state index contributed by atoms with van der Waals surface area (Å²) in [6.07, 6.45) is 6.75. The van der Waals surface area contributed by atoms with E-state index < -0.39 is 5.97 Å². The number of hydrogen-bond donors (Lipinski definition) is 1. The fraction of sp³-hybridized carbons (Fsp3) is 0.474. The van der Waals surface area contributed by atoms with Crippen LogP contribution >= 0.6 is 0 Å². The van der Waals surface area contributed by atoms with Crippen molar-refractivity contribution in [2.24, 2.45) is 0 Å². The van der Waals surface area contributed by atoms with Crippen molar-refractivity contribution < 1.29 is 18.7 Å². The monoisotopic (exact) mass is 329 g/mol. The molecule has 1 amide bonds. The van der Waals surface area contributed by atoms with Crippen molar-refractivity contribution in [3.05, 3.63) is 35.6 Å². The molecule has 5 nitrogen and oxygen atoms in total. The van der Waals surface area contributed by atoms with Gasteiger partial charge in [0.1, 0.15) is 5.58 Å². The van der Waals surface area contributed by atoms with Crippen molar-refractivity contribution in [2.45, 2.75) is 51.5 Å². The van der Waals surface area contributed by atoms with Crippen LogP contribution in [0.25, 0.3) is 11.0 Å². The number of fused-ring (bicyclic) bond motifs is 1. The second-order valence-corrected chi connectivity index (χ2v) is 6.38. The zero-order valence-electron chi connectivity index (χ0n) is 14.0. The Kier molecular flexibility index (Phi) is 5.18. The summed E-state index contributed by atoms with van der Waals surface area (Å²) in [5, 5.41) is 3.84. The smallest absolute Gasteiger partial charge is 0.375 e. The lowest BCUT2D eigenvalue weighted by Gasteiger charge is -2.15. The third kappa shape index (κ3) is 3.78. The third-order valence-electron chi connectivity index (χ3n) is 4.58. The van der Waals surface area contributed by atoms with E-state index in [1.807, 2.05) is 25.1 Å². The summed E-state index contributed by atoms with van der Waals surface area (Å²) in [6, 6.07) is 7.63. The van der Waals surface area contributed by atoms with Crippen LogP contribution in [0, 0.1) is 6.92 Å². The van der Waals surface area contributed by atoms with Crippen molar-refractivity contribution in [2.75, 3.05) is 6.61 Å². The van der Waals surface area contributed by atoms with Crippen LogP contribution in [0.5, 0.6) is 0 Å². The number of ether oxygens (including phenoxy) is 1. The molecule has 1 saturated carbocycles. The number of hydrogen-bond acceptors (Lipinski definition) is 4. The highest BCUT2D eigenvalue weighted by Crippen LogP contribution is 2.25. The van der Waals surface area contributed by atoms with E-state index >= 15 is 0 Å². The quantitative estimate of drug-likeness (QED) is 0.685. The highest BCUT2D eigenvalue weighted by molar-refractivity contribution is 5.96. The zero-order chi connectivity index (χ0) is 16.9. The number of para-hydroxylation sites is 1. The van der Waals surface area contributed by atoms with E-state index in [0.717, 1.165) is 36.6 Å². The Balaban J connectivity index is 1.56. The molecule has 0 saturated heterocycles. The van der Waals surface area contributed by atoms with Gasteiger partial charge in [0.25, 0.3) is 5.91 Å². The van der Waals surface area contributed by atoms with Crippen molar-refractivity contribution >= 4 is 22.8 Å². The maximum Gasteiger partial charge on any atom is 0.375 e. The molecule has 1 aliphatic rings. The number of rotatable bonds is 4. The summed E-state index contributed by atoms with van der Waals surface area (Å²) in [4.78, 5) is 24.2. The largest absolute Gasteiger partial charge is 0.450 e. The molecule has 1 fully saturated rings. The van der Waals surface area contributed by atoms with Crippen LogP contribution in [0.4, 0.5) is 0 Å². The van der Waals surface area contributed by atoms with Gasteiger partial charge in [0, 0.05) is 17.0 Å². The molecule has 0 atom stereocenters. The number of carbonyl (C=O) groups is 2. The standard InChI is InChI=1S/C19H23NO4/c1-13-15-10-6-7-11-16(15)24-18(13)19(22)23-12-17(21)20-14-8-4-2-3-5-9-14/h6-7,10-11,14H,2-5,8-9,12H2,1H3,(H,20,21). The van der Waals surface area contributed by atoms with Gasteiger partial charge in [-0.3, -0.25) is 4.79 Å². The van der Waals surface area contributed by atoms with Crippen LogP contribution in [0.3, 0.4) is 0 Å². The number of furan rings is 1. The number of aryl methyl sites for hydroxylation is 1.